The van der Waals surface area contributed by atoms with Crippen LogP contribution in [0.5, 0.6) is 0 Å². The zero-order chi connectivity index (χ0) is 12.3. The minimum atomic E-state index is 0.396. The first-order valence-corrected chi connectivity index (χ1v) is 5.26. The highest BCUT2D eigenvalue weighted by molar-refractivity contribution is 5.62. The van der Waals surface area contributed by atoms with Crippen molar-refractivity contribution in [2.75, 3.05) is 5.32 Å². The number of nitrogens with one attached hydrogen (secondary N) is 1. The number of nitriles is 1. The summed E-state index contributed by atoms with van der Waals surface area (Å²) in [6.45, 7) is 3.90. The molecule has 4 nitrogen and oxygen atoms in total. The Bertz CT molecular complexity index is 584. The lowest BCUT2D eigenvalue weighted by molar-refractivity contribution is 1.12. The van der Waals surface area contributed by atoms with Crippen LogP contribution in [0.3, 0.4) is 0 Å². The monoisotopic (exact) mass is 224 g/mol. The number of anilines is 2. The Labute approximate surface area is 100.0 Å². The summed E-state index contributed by atoms with van der Waals surface area (Å²) in [5.74, 6) is 0. The van der Waals surface area contributed by atoms with E-state index in [4.69, 9.17) is 5.26 Å². The molecule has 0 radical (unpaired) electrons. The topological polar surface area (TPSA) is 61.6 Å². The predicted molar refractivity (Wildman–Crippen MR) is 65.9 cm³/mol. The second-order valence-corrected chi connectivity index (χ2v) is 3.75. The zero-order valence-corrected chi connectivity index (χ0v) is 9.73. The summed E-state index contributed by atoms with van der Waals surface area (Å²) in [6, 6.07) is 9.46. The molecule has 0 unspecified atom stereocenters. The van der Waals surface area contributed by atoms with E-state index in [1.54, 1.807) is 12.3 Å². The number of pyridine rings is 2. The van der Waals surface area contributed by atoms with Gasteiger partial charge in [-0.3, -0.25) is 4.98 Å². The molecule has 1 N–H and O–H groups in total. The fraction of sp³-hybridized carbons (Fsp3) is 0.154. The quantitative estimate of drug-likeness (QED) is 0.851. The largest absolute Gasteiger partial charge is 0.354 e. The SMILES string of the molecule is Cc1ccc(Nc2ccnc(C#N)c2)c(C)n1. The molecule has 0 aliphatic carbocycles. The summed E-state index contributed by atoms with van der Waals surface area (Å²) in [7, 11) is 0. The first kappa shape index (κ1) is 11.1. The van der Waals surface area contributed by atoms with E-state index < -0.39 is 0 Å². The molecule has 0 spiro atoms. The summed E-state index contributed by atoms with van der Waals surface area (Å²) in [5.41, 5.74) is 4.09. The van der Waals surface area contributed by atoms with Crippen molar-refractivity contribution in [3.05, 3.63) is 47.5 Å². The summed E-state index contributed by atoms with van der Waals surface area (Å²) < 4.78 is 0. The molecular formula is C13H12N4. The fourth-order valence-electron chi connectivity index (χ4n) is 1.54. The summed E-state index contributed by atoms with van der Waals surface area (Å²) in [5, 5.41) is 12.0. The number of aromatic nitrogens is 2. The molecule has 2 heterocycles. The Morgan fingerprint density at radius 3 is 2.76 bits per heavy atom. The van der Waals surface area contributed by atoms with Gasteiger partial charge in [0.2, 0.25) is 0 Å². The van der Waals surface area contributed by atoms with Crippen molar-refractivity contribution in [1.29, 1.82) is 5.26 Å². The molecule has 2 aromatic rings. The van der Waals surface area contributed by atoms with E-state index in [-0.39, 0.29) is 0 Å². The van der Waals surface area contributed by atoms with Crippen LogP contribution in [-0.2, 0) is 0 Å². The molecule has 0 aliphatic rings. The molecule has 0 aromatic carbocycles. The standard InChI is InChI=1S/C13H12N4/c1-9-3-4-13(10(2)16-9)17-11-5-6-15-12(7-11)8-14/h3-7H,1-2H3,(H,15,17). The zero-order valence-electron chi connectivity index (χ0n) is 9.73. The third kappa shape index (κ3) is 2.58. The maximum atomic E-state index is 8.77. The molecule has 2 rings (SSSR count). The van der Waals surface area contributed by atoms with Crippen LogP contribution in [0.2, 0.25) is 0 Å². The molecule has 2 aromatic heterocycles. The van der Waals surface area contributed by atoms with Crippen LogP contribution in [-0.4, -0.2) is 9.97 Å². The first-order chi connectivity index (χ1) is 8.19. The lowest BCUT2D eigenvalue weighted by atomic mass is 10.2. The molecule has 0 aliphatic heterocycles. The summed E-state index contributed by atoms with van der Waals surface area (Å²) in [4.78, 5) is 8.29. The fourth-order valence-corrected chi connectivity index (χ4v) is 1.54. The van der Waals surface area contributed by atoms with Crippen molar-refractivity contribution < 1.29 is 0 Å². The lowest BCUT2D eigenvalue weighted by Crippen LogP contribution is -1.97. The van der Waals surface area contributed by atoms with Gasteiger partial charge in [-0.1, -0.05) is 0 Å². The molecule has 0 atom stereocenters. The average Bonchev–Trinajstić information content (AvgIpc) is 2.33. The van der Waals surface area contributed by atoms with Gasteiger partial charge in [-0.25, -0.2) is 4.98 Å². The van der Waals surface area contributed by atoms with Crippen molar-refractivity contribution in [2.24, 2.45) is 0 Å². The van der Waals surface area contributed by atoms with Gasteiger partial charge in [-0.2, -0.15) is 5.26 Å². The highest BCUT2D eigenvalue weighted by atomic mass is 14.9. The highest BCUT2D eigenvalue weighted by Gasteiger charge is 2.01. The van der Waals surface area contributed by atoms with Gasteiger partial charge in [0.1, 0.15) is 11.8 Å². The number of aryl methyl sites for hydroxylation is 2. The maximum Gasteiger partial charge on any atom is 0.142 e. The third-order valence-corrected chi connectivity index (χ3v) is 2.38. The molecule has 0 amide bonds. The minimum Gasteiger partial charge on any atom is -0.354 e. The number of hydrogen-bond acceptors (Lipinski definition) is 4. The van der Waals surface area contributed by atoms with Crippen LogP contribution in [0.15, 0.2) is 30.5 Å². The Kier molecular flexibility index (Phi) is 3.01. The van der Waals surface area contributed by atoms with Gasteiger partial charge < -0.3 is 5.32 Å². The van der Waals surface area contributed by atoms with E-state index in [2.05, 4.69) is 15.3 Å². The molecule has 84 valence electrons. The van der Waals surface area contributed by atoms with Crippen LogP contribution in [0.4, 0.5) is 11.4 Å². The number of nitrogens with zero attached hydrogens (tertiary/aromatic N) is 3. The predicted octanol–water partition coefficient (Wildman–Crippen LogP) is 2.71. The number of hydrogen-bond donors (Lipinski definition) is 1. The van der Waals surface area contributed by atoms with E-state index in [1.807, 2.05) is 38.1 Å². The van der Waals surface area contributed by atoms with Crippen molar-refractivity contribution in [2.45, 2.75) is 13.8 Å². The molecule has 0 saturated heterocycles. The van der Waals surface area contributed by atoms with Gasteiger partial charge in [0.15, 0.2) is 0 Å². The van der Waals surface area contributed by atoms with Crippen LogP contribution < -0.4 is 5.32 Å². The van der Waals surface area contributed by atoms with Crippen molar-refractivity contribution >= 4 is 11.4 Å². The van der Waals surface area contributed by atoms with E-state index in [1.165, 1.54) is 0 Å². The second-order valence-electron chi connectivity index (χ2n) is 3.75. The summed E-state index contributed by atoms with van der Waals surface area (Å²) in [6.07, 6.45) is 1.61. The summed E-state index contributed by atoms with van der Waals surface area (Å²) >= 11 is 0. The van der Waals surface area contributed by atoms with Crippen molar-refractivity contribution in [3.8, 4) is 6.07 Å². The van der Waals surface area contributed by atoms with Gasteiger partial charge in [0.05, 0.1) is 11.4 Å². The van der Waals surface area contributed by atoms with E-state index >= 15 is 0 Å². The molecule has 0 saturated carbocycles. The normalized spacial score (nSPS) is 9.71. The first-order valence-electron chi connectivity index (χ1n) is 5.26. The Balaban J connectivity index is 2.28. The van der Waals surface area contributed by atoms with Crippen LogP contribution in [0.1, 0.15) is 17.1 Å². The van der Waals surface area contributed by atoms with Gasteiger partial charge in [-0.15, -0.1) is 0 Å². The van der Waals surface area contributed by atoms with Crippen LogP contribution >= 0.6 is 0 Å². The Morgan fingerprint density at radius 1 is 1.24 bits per heavy atom. The minimum absolute atomic E-state index is 0.396. The van der Waals surface area contributed by atoms with E-state index in [0.29, 0.717) is 5.69 Å². The van der Waals surface area contributed by atoms with Gasteiger partial charge in [0, 0.05) is 17.6 Å². The maximum absolute atomic E-state index is 8.77. The Morgan fingerprint density at radius 2 is 2.06 bits per heavy atom. The smallest absolute Gasteiger partial charge is 0.142 e. The van der Waals surface area contributed by atoms with Crippen LogP contribution in [0, 0.1) is 25.2 Å². The molecule has 0 fully saturated rings. The molecule has 17 heavy (non-hydrogen) atoms. The van der Waals surface area contributed by atoms with E-state index in [0.717, 1.165) is 22.8 Å². The lowest BCUT2D eigenvalue weighted by Gasteiger charge is -2.09. The van der Waals surface area contributed by atoms with Crippen LogP contribution in [0.25, 0.3) is 0 Å². The molecular weight excluding hydrogens is 212 g/mol. The van der Waals surface area contributed by atoms with Crippen molar-refractivity contribution in [1.82, 2.24) is 9.97 Å². The molecule has 0 bridgehead atoms. The Hall–Kier alpha value is -2.41. The molecule has 4 heteroatoms. The highest BCUT2D eigenvalue weighted by Crippen LogP contribution is 2.19. The van der Waals surface area contributed by atoms with Gasteiger partial charge >= 0.3 is 0 Å². The van der Waals surface area contributed by atoms with Gasteiger partial charge in [-0.05, 0) is 38.1 Å². The number of rotatable bonds is 2. The second kappa shape index (κ2) is 4.62. The van der Waals surface area contributed by atoms with Crippen molar-refractivity contribution in [3.63, 3.8) is 0 Å². The average molecular weight is 224 g/mol. The third-order valence-electron chi connectivity index (χ3n) is 2.38. The van der Waals surface area contributed by atoms with Gasteiger partial charge in [0.25, 0.3) is 0 Å². The van der Waals surface area contributed by atoms with E-state index in [9.17, 15) is 0 Å².